The highest BCUT2D eigenvalue weighted by atomic mass is 32.2. The first-order chi connectivity index (χ1) is 24.4. The molecule has 3 aromatic rings. The Bertz CT molecular complexity index is 1850. The van der Waals surface area contributed by atoms with Crippen LogP contribution in [-0.2, 0) is 21.8 Å². The topological polar surface area (TPSA) is 168 Å². The van der Waals surface area contributed by atoms with Gasteiger partial charge in [-0.2, -0.15) is 18.3 Å². The highest BCUT2D eigenvalue weighted by Gasteiger charge is 2.48. The number of ether oxygens (including phenoxy) is 2. The van der Waals surface area contributed by atoms with Gasteiger partial charge in [0.1, 0.15) is 29.3 Å². The predicted molar refractivity (Wildman–Crippen MR) is 176 cm³/mol. The number of halogens is 4. The molecule has 52 heavy (non-hydrogen) atoms. The second-order valence-electron chi connectivity index (χ2n) is 14.1. The second kappa shape index (κ2) is 14.4. The van der Waals surface area contributed by atoms with Crippen LogP contribution >= 0.6 is 0 Å². The van der Waals surface area contributed by atoms with Gasteiger partial charge in [0.05, 0.1) is 24.9 Å². The van der Waals surface area contributed by atoms with Crippen molar-refractivity contribution in [3.63, 3.8) is 0 Å². The molecule has 0 unspecified atom stereocenters. The zero-order chi connectivity index (χ0) is 37.5. The van der Waals surface area contributed by atoms with Gasteiger partial charge >= 0.3 is 6.18 Å². The Hall–Kier alpha value is -3.98. The maximum atomic E-state index is 14.3. The molecule has 3 saturated heterocycles. The first-order valence-electron chi connectivity index (χ1n) is 16.8. The maximum Gasteiger partial charge on any atom is 0.406 e. The molecular formula is C32H41F4N9O6S. The summed E-state index contributed by atoms with van der Waals surface area (Å²) in [5.74, 6) is -3.24. The highest BCUT2D eigenvalue weighted by molar-refractivity contribution is 7.89. The van der Waals surface area contributed by atoms with Crippen molar-refractivity contribution >= 4 is 21.7 Å². The largest absolute Gasteiger partial charge is 0.434 e. The number of aliphatic hydroxyl groups is 1. The van der Waals surface area contributed by atoms with E-state index in [0.29, 0.717) is 43.3 Å². The number of anilines is 1. The third-order valence-electron chi connectivity index (χ3n) is 9.67. The molecule has 1 spiro atoms. The number of rotatable bonds is 11. The molecule has 3 fully saturated rings. The van der Waals surface area contributed by atoms with Crippen LogP contribution in [0.2, 0.25) is 0 Å². The first kappa shape index (κ1) is 37.8. The minimum atomic E-state index is -4.67. The number of alkyl halides is 3. The van der Waals surface area contributed by atoms with Gasteiger partial charge in [-0.1, -0.05) is 0 Å². The molecule has 6 rings (SSSR count). The second-order valence-corrected chi connectivity index (χ2v) is 15.8. The number of piperidine rings is 1. The standard InChI is InChI=1S/C32H41F4N9O6S/c1-21(2)45(19-32(34,35)36)29(46)25-12-22(33)4-5-26(25)51-28-27(37-20-38-40-28)44-16-30(17-44)8-10-43(11-9-30)18-31(47)7-6-23(15-50-31)41-52(48,49)24-13-39-42(3)14-24/h4-5,12-14,20-21,23,41,47H,6-11,15-19H2,1-3H3/t23-,31-/m1/s1. The summed E-state index contributed by atoms with van der Waals surface area (Å²) in [6.45, 7) is 4.21. The third-order valence-corrected chi connectivity index (χ3v) is 11.1. The fraction of sp³-hybridized carbons (Fsp3) is 0.594. The molecule has 1 aromatic carbocycles. The van der Waals surface area contributed by atoms with E-state index in [9.17, 15) is 35.9 Å². The smallest absolute Gasteiger partial charge is 0.406 e. The van der Waals surface area contributed by atoms with Gasteiger partial charge in [-0.25, -0.2) is 22.5 Å². The van der Waals surface area contributed by atoms with Crippen molar-refractivity contribution in [3.8, 4) is 11.6 Å². The molecule has 2 N–H and O–H groups in total. The van der Waals surface area contributed by atoms with Gasteiger partial charge in [0.15, 0.2) is 11.6 Å². The molecular weight excluding hydrogens is 714 g/mol. The van der Waals surface area contributed by atoms with Gasteiger partial charge in [0.2, 0.25) is 10.0 Å². The van der Waals surface area contributed by atoms with Crippen molar-refractivity contribution in [2.24, 2.45) is 12.5 Å². The third kappa shape index (κ3) is 8.62. The summed E-state index contributed by atoms with van der Waals surface area (Å²) in [5.41, 5.74) is -0.455. The molecule has 284 valence electrons. The number of aromatic nitrogens is 5. The average molecular weight is 756 g/mol. The van der Waals surface area contributed by atoms with Crippen molar-refractivity contribution in [1.82, 2.24) is 39.5 Å². The van der Waals surface area contributed by atoms with Crippen molar-refractivity contribution in [1.29, 1.82) is 0 Å². The van der Waals surface area contributed by atoms with E-state index in [2.05, 4.69) is 29.9 Å². The van der Waals surface area contributed by atoms with E-state index in [1.54, 1.807) is 7.05 Å². The SMILES string of the molecule is CC(C)N(CC(F)(F)F)C(=O)c1cc(F)ccc1Oc1nncnc1N1CC2(CCN(C[C@@]3(O)CC[C@@H](NS(=O)(=O)c4cnn(C)c4)CO3)CC2)C1. The normalized spacial score (nSPS) is 22.4. The number of likely N-dealkylation sites (tertiary alicyclic amines) is 1. The van der Waals surface area contributed by atoms with Crippen molar-refractivity contribution < 1.29 is 45.4 Å². The quantitative estimate of drug-likeness (QED) is 0.275. The molecule has 0 aliphatic carbocycles. The summed E-state index contributed by atoms with van der Waals surface area (Å²) in [4.78, 5) is 22.3. The minimum Gasteiger partial charge on any atom is -0.434 e. The van der Waals surface area contributed by atoms with Gasteiger partial charge in [-0.3, -0.25) is 14.4 Å². The van der Waals surface area contributed by atoms with Crippen LogP contribution in [0.15, 0.2) is 41.8 Å². The lowest BCUT2D eigenvalue weighted by atomic mass is 9.72. The van der Waals surface area contributed by atoms with Crippen LogP contribution in [0.5, 0.6) is 11.6 Å². The van der Waals surface area contributed by atoms with Crippen LogP contribution in [0.25, 0.3) is 0 Å². The number of benzene rings is 1. The number of nitrogens with zero attached hydrogens (tertiary/aromatic N) is 8. The molecule has 20 heteroatoms. The number of amides is 1. The fourth-order valence-electron chi connectivity index (χ4n) is 6.86. The molecule has 3 aliphatic rings. The van der Waals surface area contributed by atoms with Crippen molar-refractivity contribution in [3.05, 3.63) is 48.3 Å². The number of hydrogen-bond donors (Lipinski definition) is 2. The number of hydrogen-bond acceptors (Lipinski definition) is 12. The molecule has 0 saturated carbocycles. The van der Waals surface area contributed by atoms with E-state index in [1.807, 2.05) is 4.90 Å². The molecule has 3 aliphatic heterocycles. The Morgan fingerprint density at radius 3 is 2.56 bits per heavy atom. The van der Waals surface area contributed by atoms with E-state index in [1.165, 1.54) is 37.3 Å². The van der Waals surface area contributed by atoms with Gasteiger partial charge in [-0.15, -0.1) is 10.2 Å². The lowest BCUT2D eigenvalue weighted by Gasteiger charge is -2.55. The van der Waals surface area contributed by atoms with Crippen LogP contribution < -0.4 is 14.4 Å². The van der Waals surface area contributed by atoms with Gasteiger partial charge in [0, 0.05) is 50.3 Å². The van der Waals surface area contributed by atoms with Gasteiger partial charge in [0.25, 0.3) is 11.8 Å². The summed E-state index contributed by atoms with van der Waals surface area (Å²) in [6, 6.07) is 1.70. The number of aryl methyl sites for hydroxylation is 1. The number of carbonyl (C=O) groups is 1. The summed E-state index contributed by atoms with van der Waals surface area (Å²) < 4.78 is 95.2. The van der Waals surface area contributed by atoms with Crippen LogP contribution in [0.4, 0.5) is 23.4 Å². The van der Waals surface area contributed by atoms with Gasteiger partial charge < -0.3 is 24.4 Å². The van der Waals surface area contributed by atoms with Crippen molar-refractivity contribution in [2.45, 2.75) is 68.5 Å². The summed E-state index contributed by atoms with van der Waals surface area (Å²) in [7, 11) is -2.14. The number of β-amino-alcohol motifs (C(OH)–C–C–N with tert-alkyl or cyclic N) is 1. The lowest BCUT2D eigenvalue weighted by molar-refractivity contribution is -0.239. The molecule has 2 aromatic heterocycles. The van der Waals surface area contributed by atoms with Crippen LogP contribution in [-0.4, -0.2) is 124 Å². The minimum absolute atomic E-state index is 0.0250. The van der Waals surface area contributed by atoms with E-state index in [-0.39, 0.29) is 41.5 Å². The maximum absolute atomic E-state index is 14.3. The van der Waals surface area contributed by atoms with E-state index in [0.717, 1.165) is 31.0 Å². The van der Waals surface area contributed by atoms with E-state index >= 15 is 0 Å². The average Bonchev–Trinajstić information content (AvgIpc) is 3.52. The zero-order valence-electron chi connectivity index (χ0n) is 28.9. The molecule has 0 bridgehead atoms. The Morgan fingerprint density at radius 1 is 1.21 bits per heavy atom. The highest BCUT2D eigenvalue weighted by Crippen LogP contribution is 2.45. The first-order valence-corrected chi connectivity index (χ1v) is 18.3. The van der Waals surface area contributed by atoms with Crippen LogP contribution in [0.3, 0.4) is 0 Å². The fourth-order valence-corrected chi connectivity index (χ4v) is 8.10. The summed E-state index contributed by atoms with van der Waals surface area (Å²) in [5, 5.41) is 22.9. The molecule has 0 radical (unpaired) electrons. The van der Waals surface area contributed by atoms with E-state index < -0.39 is 57.9 Å². The predicted octanol–water partition coefficient (Wildman–Crippen LogP) is 2.70. The number of nitrogens with one attached hydrogen (secondary N) is 1. The molecule has 2 atom stereocenters. The van der Waals surface area contributed by atoms with Crippen LogP contribution in [0.1, 0.15) is 49.9 Å². The van der Waals surface area contributed by atoms with Gasteiger partial charge in [-0.05, 0) is 64.4 Å². The summed E-state index contributed by atoms with van der Waals surface area (Å²) in [6.07, 6.45) is 1.51. The molecule has 5 heterocycles. The molecule has 1 amide bonds. The summed E-state index contributed by atoms with van der Waals surface area (Å²) >= 11 is 0. The Balaban J connectivity index is 1.03. The Labute approximate surface area is 297 Å². The zero-order valence-corrected chi connectivity index (χ0v) is 29.7. The Morgan fingerprint density at radius 2 is 1.94 bits per heavy atom. The number of sulfonamides is 1. The van der Waals surface area contributed by atoms with Crippen molar-refractivity contribution in [2.75, 3.05) is 50.8 Å². The van der Waals surface area contributed by atoms with Crippen LogP contribution in [0, 0.1) is 11.2 Å². The molecule has 15 nitrogen and oxygen atoms in total. The lowest BCUT2D eigenvalue weighted by Crippen LogP contribution is -2.62. The number of carbonyl (C=O) groups excluding carboxylic acids is 1. The monoisotopic (exact) mass is 755 g/mol. The Kier molecular flexibility index (Phi) is 10.5. The van der Waals surface area contributed by atoms with E-state index in [4.69, 9.17) is 9.47 Å².